The highest BCUT2D eigenvalue weighted by Crippen LogP contribution is 2.25. The predicted octanol–water partition coefficient (Wildman–Crippen LogP) is -0.566. The summed E-state index contributed by atoms with van der Waals surface area (Å²) in [7, 11) is 0. The predicted molar refractivity (Wildman–Crippen MR) is 47.2 cm³/mol. The molecule has 0 spiro atoms. The molecule has 0 aromatic heterocycles. The first-order valence-corrected chi connectivity index (χ1v) is 4.42. The molecule has 1 heterocycles. The molecule has 4 unspecified atom stereocenters. The minimum atomic E-state index is -0.996. The van der Waals surface area contributed by atoms with E-state index in [-0.39, 0.29) is 12.7 Å². The van der Waals surface area contributed by atoms with Crippen LogP contribution in [0.4, 0.5) is 0 Å². The lowest BCUT2D eigenvalue weighted by atomic mass is 10.1. The van der Waals surface area contributed by atoms with Crippen molar-refractivity contribution in [2.75, 3.05) is 6.61 Å². The molecule has 0 bridgehead atoms. The summed E-state index contributed by atoms with van der Waals surface area (Å²) in [5.41, 5.74) is 0. The zero-order chi connectivity index (χ0) is 9.84. The molecule has 0 aromatic rings. The molecule has 1 aliphatic heterocycles. The Bertz CT molecular complexity index is 171. The van der Waals surface area contributed by atoms with Crippen LogP contribution in [0.2, 0.25) is 0 Å². The van der Waals surface area contributed by atoms with Gasteiger partial charge in [-0.3, -0.25) is 0 Å². The van der Waals surface area contributed by atoms with Crippen LogP contribution >= 0.6 is 0 Å². The van der Waals surface area contributed by atoms with Gasteiger partial charge in [-0.25, -0.2) is 0 Å². The molecule has 1 saturated heterocycles. The van der Waals surface area contributed by atoms with Crippen molar-refractivity contribution in [3.63, 3.8) is 0 Å². The van der Waals surface area contributed by atoms with Gasteiger partial charge in [-0.05, 0) is 6.42 Å². The van der Waals surface area contributed by atoms with Crippen molar-refractivity contribution in [2.45, 2.75) is 37.3 Å². The molecule has 76 valence electrons. The minimum Gasteiger partial charge on any atom is -0.394 e. The van der Waals surface area contributed by atoms with Crippen molar-refractivity contribution in [3.8, 4) is 0 Å². The normalized spacial score (nSPS) is 36.1. The van der Waals surface area contributed by atoms with Crippen LogP contribution < -0.4 is 0 Å². The Balaban J connectivity index is 2.45. The molecule has 1 rings (SSSR count). The van der Waals surface area contributed by atoms with Crippen LogP contribution in [0.15, 0.2) is 12.7 Å². The summed E-state index contributed by atoms with van der Waals surface area (Å²) in [4.78, 5) is 0. The molecule has 13 heavy (non-hydrogen) atoms. The summed E-state index contributed by atoms with van der Waals surface area (Å²) >= 11 is 0. The second-order valence-electron chi connectivity index (χ2n) is 3.30. The van der Waals surface area contributed by atoms with Crippen LogP contribution in [0.1, 0.15) is 12.8 Å². The quantitative estimate of drug-likeness (QED) is 0.517. The van der Waals surface area contributed by atoms with Crippen LogP contribution in [0.25, 0.3) is 0 Å². The topological polar surface area (TPSA) is 69.9 Å². The maximum absolute atomic E-state index is 9.46. The Labute approximate surface area is 77.5 Å². The molecule has 0 aromatic carbocycles. The molecule has 0 saturated carbocycles. The van der Waals surface area contributed by atoms with Gasteiger partial charge >= 0.3 is 0 Å². The van der Waals surface area contributed by atoms with Crippen LogP contribution in [0, 0.1) is 0 Å². The largest absolute Gasteiger partial charge is 0.394 e. The SMILES string of the molecule is C=CCC1CC(O)C(C(O)CO)O1. The summed E-state index contributed by atoms with van der Waals surface area (Å²) in [6.45, 7) is 3.18. The Hall–Kier alpha value is -0.420. The fourth-order valence-electron chi connectivity index (χ4n) is 1.56. The van der Waals surface area contributed by atoms with Gasteiger partial charge in [0.2, 0.25) is 0 Å². The summed E-state index contributed by atoms with van der Waals surface area (Å²) in [5, 5.41) is 27.4. The number of ether oxygens (including phenoxy) is 1. The van der Waals surface area contributed by atoms with E-state index in [4.69, 9.17) is 9.84 Å². The Morgan fingerprint density at radius 2 is 2.31 bits per heavy atom. The van der Waals surface area contributed by atoms with Crippen molar-refractivity contribution in [1.82, 2.24) is 0 Å². The Kier molecular flexibility index (Phi) is 3.87. The van der Waals surface area contributed by atoms with E-state index in [1.165, 1.54) is 0 Å². The molecule has 3 N–H and O–H groups in total. The van der Waals surface area contributed by atoms with Gasteiger partial charge in [0.05, 0.1) is 18.8 Å². The van der Waals surface area contributed by atoms with Gasteiger partial charge in [-0.15, -0.1) is 6.58 Å². The van der Waals surface area contributed by atoms with E-state index in [0.29, 0.717) is 12.8 Å². The first-order valence-electron chi connectivity index (χ1n) is 4.42. The van der Waals surface area contributed by atoms with E-state index in [1.54, 1.807) is 6.08 Å². The summed E-state index contributed by atoms with van der Waals surface area (Å²) in [5.74, 6) is 0. The van der Waals surface area contributed by atoms with Gasteiger partial charge in [0.15, 0.2) is 0 Å². The lowest BCUT2D eigenvalue weighted by Gasteiger charge is -2.18. The summed E-state index contributed by atoms with van der Waals surface area (Å²) in [6, 6.07) is 0. The number of hydrogen-bond donors (Lipinski definition) is 3. The number of aliphatic hydroxyl groups is 3. The van der Waals surface area contributed by atoms with Crippen molar-refractivity contribution in [1.29, 1.82) is 0 Å². The third kappa shape index (κ3) is 2.51. The van der Waals surface area contributed by atoms with E-state index in [1.807, 2.05) is 0 Å². The molecule has 1 fully saturated rings. The van der Waals surface area contributed by atoms with Gasteiger partial charge in [-0.2, -0.15) is 0 Å². The highest BCUT2D eigenvalue weighted by molar-refractivity contribution is 4.89. The molecule has 4 atom stereocenters. The highest BCUT2D eigenvalue weighted by atomic mass is 16.5. The average molecular weight is 188 g/mol. The Morgan fingerprint density at radius 3 is 2.85 bits per heavy atom. The summed E-state index contributed by atoms with van der Waals surface area (Å²) in [6.07, 6.45) is 0.440. The van der Waals surface area contributed by atoms with E-state index in [9.17, 15) is 10.2 Å². The molecule has 0 amide bonds. The third-order valence-corrected chi connectivity index (χ3v) is 2.23. The zero-order valence-electron chi connectivity index (χ0n) is 7.47. The first-order chi connectivity index (χ1) is 6.19. The van der Waals surface area contributed by atoms with Crippen LogP contribution in [0.3, 0.4) is 0 Å². The Morgan fingerprint density at radius 1 is 1.62 bits per heavy atom. The molecule has 1 aliphatic rings. The lowest BCUT2D eigenvalue weighted by Crippen LogP contribution is -2.36. The van der Waals surface area contributed by atoms with E-state index >= 15 is 0 Å². The van der Waals surface area contributed by atoms with Gasteiger partial charge in [0, 0.05) is 6.42 Å². The molecular formula is C9H16O4. The average Bonchev–Trinajstić information content (AvgIpc) is 2.46. The maximum atomic E-state index is 9.46. The van der Waals surface area contributed by atoms with E-state index in [2.05, 4.69) is 6.58 Å². The van der Waals surface area contributed by atoms with Crippen LogP contribution in [-0.4, -0.2) is 46.3 Å². The smallest absolute Gasteiger partial charge is 0.112 e. The first kappa shape index (κ1) is 10.7. The van der Waals surface area contributed by atoms with Crippen LogP contribution in [0.5, 0.6) is 0 Å². The standard InChI is InChI=1S/C9H16O4/c1-2-3-6-4-7(11)9(13-6)8(12)5-10/h2,6-12H,1,3-5H2. The molecule has 0 radical (unpaired) electrons. The summed E-state index contributed by atoms with van der Waals surface area (Å²) < 4.78 is 5.34. The van der Waals surface area contributed by atoms with E-state index in [0.717, 1.165) is 0 Å². The zero-order valence-corrected chi connectivity index (χ0v) is 7.47. The van der Waals surface area contributed by atoms with E-state index < -0.39 is 18.3 Å². The fraction of sp³-hybridized carbons (Fsp3) is 0.778. The second-order valence-corrected chi connectivity index (χ2v) is 3.30. The van der Waals surface area contributed by atoms with Crippen molar-refractivity contribution >= 4 is 0 Å². The number of aliphatic hydroxyl groups excluding tert-OH is 3. The fourth-order valence-corrected chi connectivity index (χ4v) is 1.56. The van der Waals surface area contributed by atoms with Gasteiger partial charge in [0.25, 0.3) is 0 Å². The van der Waals surface area contributed by atoms with Gasteiger partial charge < -0.3 is 20.1 Å². The van der Waals surface area contributed by atoms with Crippen molar-refractivity contribution < 1.29 is 20.1 Å². The highest BCUT2D eigenvalue weighted by Gasteiger charge is 2.37. The maximum Gasteiger partial charge on any atom is 0.112 e. The van der Waals surface area contributed by atoms with Crippen molar-refractivity contribution in [3.05, 3.63) is 12.7 Å². The van der Waals surface area contributed by atoms with Gasteiger partial charge in [-0.1, -0.05) is 6.08 Å². The third-order valence-electron chi connectivity index (χ3n) is 2.23. The molecule has 4 nitrogen and oxygen atoms in total. The molecule has 0 aliphatic carbocycles. The monoisotopic (exact) mass is 188 g/mol. The van der Waals surface area contributed by atoms with Gasteiger partial charge in [0.1, 0.15) is 12.2 Å². The van der Waals surface area contributed by atoms with Crippen molar-refractivity contribution in [2.24, 2.45) is 0 Å². The lowest BCUT2D eigenvalue weighted by molar-refractivity contribution is -0.0806. The minimum absolute atomic E-state index is 0.0845. The second kappa shape index (κ2) is 4.72. The molecular weight excluding hydrogens is 172 g/mol. The number of hydrogen-bond acceptors (Lipinski definition) is 4. The molecule has 4 heteroatoms. The van der Waals surface area contributed by atoms with Crippen LogP contribution in [-0.2, 0) is 4.74 Å². The number of rotatable bonds is 4.